The second-order valence-electron chi connectivity index (χ2n) is 4.90. The highest BCUT2D eigenvalue weighted by molar-refractivity contribution is 6.32. The second-order valence-corrected chi connectivity index (χ2v) is 5.31. The van der Waals surface area contributed by atoms with Gasteiger partial charge in [0.15, 0.2) is 11.5 Å². The number of hydrogen-bond acceptors (Lipinski definition) is 3. The lowest BCUT2D eigenvalue weighted by atomic mass is 10.1. The van der Waals surface area contributed by atoms with Crippen LogP contribution in [0.25, 0.3) is 0 Å². The van der Waals surface area contributed by atoms with Gasteiger partial charge in [-0.2, -0.15) is 0 Å². The summed E-state index contributed by atoms with van der Waals surface area (Å²) in [5.41, 5.74) is 1.11. The molecule has 0 fully saturated rings. The van der Waals surface area contributed by atoms with Crippen molar-refractivity contribution in [2.24, 2.45) is 0 Å². The highest BCUT2D eigenvalue weighted by Crippen LogP contribution is 2.35. The number of benzene rings is 1. The molecule has 0 aliphatic carbocycles. The molecular formula is C16H26ClNO2. The zero-order valence-electron chi connectivity index (χ0n) is 12.8. The third kappa shape index (κ3) is 5.59. The van der Waals surface area contributed by atoms with E-state index in [1.807, 2.05) is 12.1 Å². The summed E-state index contributed by atoms with van der Waals surface area (Å²) in [6.45, 7) is 4.07. The van der Waals surface area contributed by atoms with Crippen LogP contribution in [0, 0.1) is 0 Å². The molecule has 0 amide bonds. The molecule has 0 heterocycles. The summed E-state index contributed by atoms with van der Waals surface area (Å²) in [5, 5.41) is 4.03. The Balaban J connectivity index is 2.39. The van der Waals surface area contributed by atoms with Crippen molar-refractivity contribution in [3.63, 3.8) is 0 Å². The van der Waals surface area contributed by atoms with Crippen LogP contribution in [-0.2, 0) is 6.54 Å². The fraction of sp³-hybridized carbons (Fsp3) is 0.625. The summed E-state index contributed by atoms with van der Waals surface area (Å²) in [5.74, 6) is 1.28. The first-order valence-corrected chi connectivity index (χ1v) is 7.71. The predicted molar refractivity (Wildman–Crippen MR) is 85.0 cm³/mol. The van der Waals surface area contributed by atoms with Crippen molar-refractivity contribution in [3.05, 3.63) is 22.7 Å². The zero-order chi connectivity index (χ0) is 14.8. The van der Waals surface area contributed by atoms with Gasteiger partial charge >= 0.3 is 0 Å². The topological polar surface area (TPSA) is 30.5 Å². The fourth-order valence-electron chi connectivity index (χ4n) is 2.16. The van der Waals surface area contributed by atoms with Crippen LogP contribution < -0.4 is 14.8 Å². The van der Waals surface area contributed by atoms with Crippen LogP contribution in [0.3, 0.4) is 0 Å². The number of nitrogens with one attached hydrogen (secondary N) is 1. The van der Waals surface area contributed by atoms with Crippen LogP contribution in [0.1, 0.15) is 44.6 Å². The predicted octanol–water partition coefficient (Wildman–Crippen LogP) is 4.42. The van der Waals surface area contributed by atoms with Gasteiger partial charge in [0.1, 0.15) is 0 Å². The third-order valence-corrected chi connectivity index (χ3v) is 3.56. The SMILES string of the molecule is CCCCCCCNCc1cc(Cl)c(OC)c(OC)c1. The molecule has 0 saturated heterocycles. The van der Waals surface area contributed by atoms with Crippen molar-refractivity contribution in [1.82, 2.24) is 5.32 Å². The van der Waals surface area contributed by atoms with E-state index in [0.29, 0.717) is 16.5 Å². The van der Waals surface area contributed by atoms with Gasteiger partial charge in [-0.15, -0.1) is 0 Å². The van der Waals surface area contributed by atoms with Gasteiger partial charge in [0, 0.05) is 6.54 Å². The first-order valence-electron chi connectivity index (χ1n) is 7.34. The van der Waals surface area contributed by atoms with Crippen LogP contribution in [-0.4, -0.2) is 20.8 Å². The minimum atomic E-state index is 0.589. The Bertz CT molecular complexity index is 396. The molecule has 0 aromatic heterocycles. The molecule has 0 radical (unpaired) electrons. The Kier molecular flexibility index (Phi) is 8.47. The van der Waals surface area contributed by atoms with Crippen LogP contribution in [0.5, 0.6) is 11.5 Å². The van der Waals surface area contributed by atoms with Crippen molar-refractivity contribution in [2.45, 2.75) is 45.6 Å². The van der Waals surface area contributed by atoms with E-state index < -0.39 is 0 Å². The summed E-state index contributed by atoms with van der Waals surface area (Å²) in [6.07, 6.45) is 6.48. The number of methoxy groups -OCH3 is 2. The summed E-state index contributed by atoms with van der Waals surface area (Å²) in [7, 11) is 3.22. The first kappa shape index (κ1) is 17.1. The molecule has 1 aromatic carbocycles. The molecule has 0 aliphatic rings. The Morgan fingerprint density at radius 3 is 2.45 bits per heavy atom. The normalized spacial score (nSPS) is 10.6. The summed E-state index contributed by atoms with van der Waals surface area (Å²) in [4.78, 5) is 0. The van der Waals surface area contributed by atoms with Gasteiger partial charge in [-0.25, -0.2) is 0 Å². The lowest BCUT2D eigenvalue weighted by molar-refractivity contribution is 0.354. The van der Waals surface area contributed by atoms with Crippen molar-refractivity contribution in [1.29, 1.82) is 0 Å². The number of ether oxygens (including phenoxy) is 2. The molecule has 1 N–H and O–H groups in total. The Labute approximate surface area is 127 Å². The number of unbranched alkanes of at least 4 members (excludes halogenated alkanes) is 4. The maximum atomic E-state index is 6.18. The monoisotopic (exact) mass is 299 g/mol. The average Bonchev–Trinajstić information content (AvgIpc) is 2.45. The van der Waals surface area contributed by atoms with E-state index in [9.17, 15) is 0 Å². The van der Waals surface area contributed by atoms with E-state index in [2.05, 4.69) is 12.2 Å². The minimum Gasteiger partial charge on any atom is -0.493 e. The first-order chi connectivity index (χ1) is 9.72. The smallest absolute Gasteiger partial charge is 0.179 e. The molecule has 1 aromatic rings. The highest BCUT2D eigenvalue weighted by atomic mass is 35.5. The van der Waals surface area contributed by atoms with E-state index in [4.69, 9.17) is 21.1 Å². The summed E-state index contributed by atoms with van der Waals surface area (Å²) < 4.78 is 10.5. The van der Waals surface area contributed by atoms with Gasteiger partial charge in [-0.1, -0.05) is 44.2 Å². The molecule has 20 heavy (non-hydrogen) atoms. The third-order valence-electron chi connectivity index (χ3n) is 3.28. The van der Waals surface area contributed by atoms with E-state index in [1.165, 1.54) is 32.1 Å². The fourth-order valence-corrected chi connectivity index (χ4v) is 2.47. The van der Waals surface area contributed by atoms with Gasteiger partial charge in [-0.3, -0.25) is 0 Å². The van der Waals surface area contributed by atoms with E-state index in [1.54, 1.807) is 14.2 Å². The van der Waals surface area contributed by atoms with Crippen LogP contribution in [0.2, 0.25) is 5.02 Å². The standard InChI is InChI=1S/C16H26ClNO2/c1-4-5-6-7-8-9-18-12-13-10-14(17)16(20-3)15(11-13)19-2/h10-11,18H,4-9,12H2,1-3H3. The molecule has 0 unspecified atom stereocenters. The molecule has 3 nitrogen and oxygen atoms in total. The van der Waals surface area contributed by atoms with Crippen LogP contribution in [0.4, 0.5) is 0 Å². The molecule has 0 spiro atoms. The Hall–Kier alpha value is -0.930. The quantitative estimate of drug-likeness (QED) is 0.649. The maximum Gasteiger partial charge on any atom is 0.179 e. The van der Waals surface area contributed by atoms with Crippen LogP contribution >= 0.6 is 11.6 Å². The Morgan fingerprint density at radius 2 is 1.80 bits per heavy atom. The lowest BCUT2D eigenvalue weighted by Gasteiger charge is -2.12. The molecule has 4 heteroatoms. The summed E-state index contributed by atoms with van der Waals surface area (Å²) >= 11 is 6.18. The summed E-state index contributed by atoms with van der Waals surface area (Å²) in [6, 6.07) is 3.89. The molecule has 0 saturated carbocycles. The van der Waals surface area contributed by atoms with Gasteiger partial charge in [-0.05, 0) is 30.7 Å². The minimum absolute atomic E-state index is 0.589. The lowest BCUT2D eigenvalue weighted by Crippen LogP contribution is -2.14. The zero-order valence-corrected chi connectivity index (χ0v) is 13.6. The van der Waals surface area contributed by atoms with Crippen LogP contribution in [0.15, 0.2) is 12.1 Å². The molecule has 114 valence electrons. The highest BCUT2D eigenvalue weighted by Gasteiger charge is 2.10. The van der Waals surface area contributed by atoms with E-state index in [0.717, 1.165) is 18.7 Å². The van der Waals surface area contributed by atoms with E-state index in [-0.39, 0.29) is 0 Å². The van der Waals surface area contributed by atoms with Gasteiger partial charge in [0.25, 0.3) is 0 Å². The molecule has 0 atom stereocenters. The maximum absolute atomic E-state index is 6.18. The number of halogens is 1. The second kappa shape index (κ2) is 9.89. The average molecular weight is 300 g/mol. The molecule has 1 rings (SSSR count). The Morgan fingerprint density at radius 1 is 1.05 bits per heavy atom. The largest absolute Gasteiger partial charge is 0.493 e. The van der Waals surface area contributed by atoms with E-state index >= 15 is 0 Å². The van der Waals surface area contributed by atoms with Crippen molar-refractivity contribution in [3.8, 4) is 11.5 Å². The van der Waals surface area contributed by atoms with Crippen molar-refractivity contribution in [2.75, 3.05) is 20.8 Å². The number of hydrogen-bond donors (Lipinski definition) is 1. The van der Waals surface area contributed by atoms with Gasteiger partial charge < -0.3 is 14.8 Å². The molecule has 0 aliphatic heterocycles. The van der Waals surface area contributed by atoms with Gasteiger partial charge in [0.2, 0.25) is 0 Å². The van der Waals surface area contributed by atoms with Crippen molar-refractivity contribution >= 4 is 11.6 Å². The van der Waals surface area contributed by atoms with Crippen molar-refractivity contribution < 1.29 is 9.47 Å². The van der Waals surface area contributed by atoms with Gasteiger partial charge in [0.05, 0.1) is 19.2 Å². The molecular weight excluding hydrogens is 274 g/mol. The number of rotatable bonds is 10. The molecule has 0 bridgehead atoms.